The third-order valence-corrected chi connectivity index (χ3v) is 16.4. The zero-order valence-electron chi connectivity index (χ0n) is 48.6. The second kappa shape index (κ2) is 25.8. The highest BCUT2D eigenvalue weighted by Gasteiger charge is 2.46. The molecule has 3 aliphatic heterocycles. The van der Waals surface area contributed by atoms with Crippen LogP contribution in [0, 0.1) is 10.8 Å². The normalized spacial score (nSPS) is 24.1. The van der Waals surface area contributed by atoms with Gasteiger partial charge >= 0.3 is 23.9 Å². The molecule has 0 aromatic rings. The number of ether oxygens (including phenoxy) is 4. The molecule has 0 unspecified atom stereocenters. The van der Waals surface area contributed by atoms with Crippen LogP contribution in [-0.2, 0) is 38.1 Å². The van der Waals surface area contributed by atoms with Gasteiger partial charge in [0, 0.05) is 97.4 Å². The van der Waals surface area contributed by atoms with E-state index in [1.165, 1.54) is 6.42 Å². The molecule has 0 aromatic carbocycles. The standard InChI is InChI=1S/C30H56N2O4.C29H53NO4/c1-27(2)19-23(20-28(3,4)31(27)9)35-25(33)17-15-13-11-12-14-16-18-26(34)36-24-21-29(5,6)32(10)30(7,8)22-24;1-26(2)17-22(18-27(3,4)21-26)33-24(31)15-13-11-9-10-12-14-16-25(32)34-23-19-28(5,6)30-29(7,8)20-23/h23-24H,11-22H2,1-10H3;22-23,30H,9-21H2,1-8H3. The Balaban J connectivity index is 0.000000371. The number of esters is 4. The Kier molecular flexibility index (Phi) is 22.9. The number of piperidine rings is 3. The fraction of sp³-hybridized carbons (Fsp3) is 0.932. The highest BCUT2D eigenvalue weighted by molar-refractivity contribution is 5.70. The minimum absolute atomic E-state index is 0.00394. The number of hydrogen-bond acceptors (Lipinski definition) is 11. The first-order valence-electron chi connectivity index (χ1n) is 28.1. The van der Waals surface area contributed by atoms with Gasteiger partial charge in [-0.1, -0.05) is 79.1 Å². The molecule has 4 rings (SSSR count). The van der Waals surface area contributed by atoms with Crippen molar-refractivity contribution in [2.45, 2.75) is 329 Å². The summed E-state index contributed by atoms with van der Waals surface area (Å²) in [6, 6.07) is 0. The molecule has 408 valence electrons. The van der Waals surface area contributed by atoms with Crippen molar-refractivity contribution in [2.75, 3.05) is 14.1 Å². The SMILES string of the molecule is CC1(C)CC(OC(=O)CCCCCCCCC(=O)OC2CC(C)(C)NC(C)(C)C2)CC(C)(C)C1.CN1C(C)(C)CC(OC(=O)CCCCCCCCC(=O)OC2CC(C)(C)N(C)C(C)(C)C2)CC1(C)C. The van der Waals surface area contributed by atoms with Gasteiger partial charge in [0.2, 0.25) is 0 Å². The molecule has 1 saturated carbocycles. The molecule has 4 fully saturated rings. The highest BCUT2D eigenvalue weighted by atomic mass is 16.6. The van der Waals surface area contributed by atoms with E-state index >= 15 is 0 Å². The highest BCUT2D eigenvalue weighted by Crippen LogP contribution is 2.47. The number of carbonyl (C=O) groups excluding carboxylic acids is 4. The van der Waals surface area contributed by atoms with E-state index in [9.17, 15) is 19.2 Å². The molecule has 1 N–H and O–H groups in total. The Hall–Kier alpha value is -2.24. The van der Waals surface area contributed by atoms with Crippen LogP contribution >= 0.6 is 0 Å². The first-order chi connectivity index (χ1) is 32.0. The summed E-state index contributed by atoms with van der Waals surface area (Å²) in [5, 5.41) is 3.63. The summed E-state index contributed by atoms with van der Waals surface area (Å²) < 4.78 is 23.3. The maximum Gasteiger partial charge on any atom is 0.306 e. The summed E-state index contributed by atoms with van der Waals surface area (Å²) in [7, 11) is 4.33. The zero-order chi connectivity index (χ0) is 53.0. The van der Waals surface area contributed by atoms with Crippen LogP contribution in [0.3, 0.4) is 0 Å². The second-order valence-electron chi connectivity index (χ2n) is 28.1. The van der Waals surface area contributed by atoms with Crippen molar-refractivity contribution in [1.82, 2.24) is 15.1 Å². The molecule has 0 radical (unpaired) electrons. The Morgan fingerprint density at radius 3 is 0.829 bits per heavy atom. The lowest BCUT2D eigenvalue weighted by Gasteiger charge is -2.53. The number of nitrogens with one attached hydrogen (secondary N) is 1. The lowest BCUT2D eigenvalue weighted by Crippen LogP contribution is -2.60. The summed E-state index contributed by atoms with van der Waals surface area (Å²) in [6.07, 6.45) is 22.5. The van der Waals surface area contributed by atoms with Crippen molar-refractivity contribution in [3.63, 3.8) is 0 Å². The predicted octanol–water partition coefficient (Wildman–Crippen LogP) is 13.6. The van der Waals surface area contributed by atoms with Gasteiger partial charge in [0.25, 0.3) is 0 Å². The van der Waals surface area contributed by atoms with Gasteiger partial charge in [0.05, 0.1) is 0 Å². The molecular formula is C59H109N3O8. The van der Waals surface area contributed by atoms with Gasteiger partial charge < -0.3 is 24.3 Å². The lowest BCUT2D eigenvalue weighted by molar-refractivity contribution is -0.160. The molecule has 1 aliphatic carbocycles. The van der Waals surface area contributed by atoms with Crippen LogP contribution in [0.15, 0.2) is 0 Å². The molecule has 3 heterocycles. The fourth-order valence-electron chi connectivity index (χ4n) is 13.3. The smallest absolute Gasteiger partial charge is 0.306 e. The molecule has 70 heavy (non-hydrogen) atoms. The number of carbonyl (C=O) groups is 4. The van der Waals surface area contributed by atoms with Crippen molar-refractivity contribution in [2.24, 2.45) is 10.8 Å². The van der Waals surface area contributed by atoms with E-state index in [1.807, 2.05) is 0 Å². The van der Waals surface area contributed by atoms with E-state index in [-0.39, 0.29) is 92.4 Å². The molecular weight excluding hydrogens is 879 g/mol. The lowest BCUT2D eigenvalue weighted by atomic mass is 9.64. The third kappa shape index (κ3) is 22.1. The van der Waals surface area contributed by atoms with Crippen LogP contribution in [0.2, 0.25) is 0 Å². The van der Waals surface area contributed by atoms with Gasteiger partial charge in [-0.15, -0.1) is 0 Å². The van der Waals surface area contributed by atoms with E-state index in [0.29, 0.717) is 25.7 Å². The number of nitrogens with zero attached hydrogens (tertiary/aromatic N) is 2. The van der Waals surface area contributed by atoms with Crippen LogP contribution < -0.4 is 5.32 Å². The van der Waals surface area contributed by atoms with Crippen LogP contribution in [0.4, 0.5) is 0 Å². The first-order valence-corrected chi connectivity index (χ1v) is 28.1. The van der Waals surface area contributed by atoms with Gasteiger partial charge in [-0.2, -0.15) is 0 Å². The van der Waals surface area contributed by atoms with Gasteiger partial charge in [0.1, 0.15) is 24.4 Å². The van der Waals surface area contributed by atoms with Crippen molar-refractivity contribution in [3.8, 4) is 0 Å². The summed E-state index contributed by atoms with van der Waals surface area (Å²) in [5.74, 6) is -0.209. The monoisotopic (exact) mass is 988 g/mol. The Morgan fingerprint density at radius 2 is 0.571 bits per heavy atom. The number of rotatable bonds is 22. The predicted molar refractivity (Wildman–Crippen MR) is 286 cm³/mol. The molecule has 11 nitrogen and oxygen atoms in total. The first kappa shape index (κ1) is 62.1. The van der Waals surface area contributed by atoms with Crippen LogP contribution in [-0.4, -0.2) is 105 Å². The molecule has 4 aliphatic rings. The Morgan fingerprint density at radius 1 is 0.357 bits per heavy atom. The maximum absolute atomic E-state index is 12.4. The summed E-state index contributed by atoms with van der Waals surface area (Å²) in [5.41, 5.74) is 0.558. The van der Waals surface area contributed by atoms with Gasteiger partial charge in [-0.25, -0.2) is 0 Å². The Labute approximate surface area is 429 Å². The minimum atomic E-state index is -0.0599. The molecule has 0 bridgehead atoms. The summed E-state index contributed by atoms with van der Waals surface area (Å²) >= 11 is 0. The zero-order valence-corrected chi connectivity index (χ0v) is 48.6. The Bertz CT molecular complexity index is 1470. The molecule has 0 atom stereocenters. The maximum atomic E-state index is 12.4. The second-order valence-corrected chi connectivity index (χ2v) is 28.1. The van der Waals surface area contributed by atoms with E-state index in [0.717, 1.165) is 128 Å². The third-order valence-electron chi connectivity index (χ3n) is 16.4. The average Bonchev–Trinajstić information content (AvgIpc) is 3.15. The van der Waals surface area contributed by atoms with Gasteiger partial charge in [0.15, 0.2) is 0 Å². The van der Waals surface area contributed by atoms with E-state index in [4.69, 9.17) is 18.9 Å². The summed E-state index contributed by atoms with van der Waals surface area (Å²) in [4.78, 5) is 54.2. The van der Waals surface area contributed by atoms with Crippen molar-refractivity contribution in [1.29, 1.82) is 0 Å². The van der Waals surface area contributed by atoms with Crippen molar-refractivity contribution >= 4 is 23.9 Å². The van der Waals surface area contributed by atoms with Crippen LogP contribution in [0.1, 0.15) is 271 Å². The molecule has 11 heteroatoms. The van der Waals surface area contributed by atoms with Gasteiger partial charge in [-0.05, 0) is 153 Å². The topological polar surface area (TPSA) is 124 Å². The van der Waals surface area contributed by atoms with E-state index < -0.39 is 0 Å². The quantitative estimate of drug-likeness (QED) is 0.0633. The van der Waals surface area contributed by atoms with Crippen LogP contribution in [0.25, 0.3) is 0 Å². The van der Waals surface area contributed by atoms with Crippen molar-refractivity contribution in [3.05, 3.63) is 0 Å². The van der Waals surface area contributed by atoms with E-state index in [1.54, 1.807) is 0 Å². The van der Waals surface area contributed by atoms with Gasteiger partial charge in [-0.3, -0.25) is 29.0 Å². The van der Waals surface area contributed by atoms with Crippen LogP contribution in [0.5, 0.6) is 0 Å². The number of hydrogen-bond donors (Lipinski definition) is 1. The molecule has 0 amide bonds. The minimum Gasteiger partial charge on any atom is -0.462 e. The number of unbranched alkanes of at least 4 members (excludes halogenated alkanes) is 10. The summed E-state index contributed by atoms with van der Waals surface area (Å²) in [6.45, 7) is 35.6. The fourth-order valence-corrected chi connectivity index (χ4v) is 13.3. The molecule has 3 saturated heterocycles. The molecule has 0 spiro atoms. The number of likely N-dealkylation sites (tertiary alicyclic amines) is 2. The average molecular weight is 989 g/mol. The largest absolute Gasteiger partial charge is 0.462 e. The van der Waals surface area contributed by atoms with E-state index in [2.05, 4.69) is 140 Å². The van der Waals surface area contributed by atoms with Crippen molar-refractivity contribution < 1.29 is 38.1 Å². The molecule has 0 aromatic heterocycles.